The van der Waals surface area contributed by atoms with Gasteiger partial charge in [-0.15, -0.1) is 0 Å². The molecule has 2 unspecified atom stereocenters. The van der Waals surface area contributed by atoms with Gasteiger partial charge in [0.2, 0.25) is 0 Å². The van der Waals surface area contributed by atoms with Gasteiger partial charge in [0.25, 0.3) is 0 Å². The van der Waals surface area contributed by atoms with Crippen molar-refractivity contribution < 1.29 is 4.79 Å². The Kier molecular flexibility index (Phi) is 4.38. The van der Waals surface area contributed by atoms with E-state index in [-0.39, 0.29) is 5.92 Å². The summed E-state index contributed by atoms with van der Waals surface area (Å²) in [6.45, 7) is 6.40. The lowest BCUT2D eigenvalue weighted by Crippen LogP contribution is -2.47. The molecule has 0 saturated carbocycles. The second-order valence-corrected chi connectivity index (χ2v) is 5.64. The first-order valence-electron chi connectivity index (χ1n) is 7.13. The van der Waals surface area contributed by atoms with E-state index in [1.165, 1.54) is 32.1 Å². The van der Waals surface area contributed by atoms with Gasteiger partial charge in [-0.25, -0.2) is 0 Å². The Bertz CT molecular complexity index is 308. The Balaban J connectivity index is 1.82. The number of likely N-dealkylation sites (tertiary alicyclic amines) is 1. The van der Waals surface area contributed by atoms with E-state index in [1.54, 1.807) is 5.57 Å². The molecule has 0 aromatic heterocycles. The quantitative estimate of drug-likeness (QED) is 0.700. The molecule has 0 aromatic carbocycles. The van der Waals surface area contributed by atoms with Crippen molar-refractivity contribution in [1.82, 2.24) is 4.90 Å². The molecule has 17 heavy (non-hydrogen) atoms. The predicted octanol–water partition coefficient (Wildman–Crippen LogP) is 3.18. The van der Waals surface area contributed by atoms with Crippen LogP contribution in [0.2, 0.25) is 0 Å². The number of hydrogen-bond acceptors (Lipinski definition) is 2. The van der Waals surface area contributed by atoms with Crippen molar-refractivity contribution in [2.24, 2.45) is 5.92 Å². The maximum Gasteiger partial charge on any atom is 0.138 e. The van der Waals surface area contributed by atoms with Crippen molar-refractivity contribution in [1.29, 1.82) is 0 Å². The van der Waals surface area contributed by atoms with Crippen LogP contribution in [0.15, 0.2) is 11.6 Å². The second kappa shape index (κ2) is 5.81. The summed E-state index contributed by atoms with van der Waals surface area (Å²) >= 11 is 0. The molecule has 0 bridgehead atoms. The number of allylic oxidation sites excluding steroid dienone is 1. The minimum atomic E-state index is 0.226. The van der Waals surface area contributed by atoms with Gasteiger partial charge in [0.1, 0.15) is 5.78 Å². The van der Waals surface area contributed by atoms with Crippen LogP contribution < -0.4 is 0 Å². The van der Waals surface area contributed by atoms with Gasteiger partial charge >= 0.3 is 0 Å². The average molecular weight is 235 g/mol. The number of hydrogen-bond donors (Lipinski definition) is 0. The zero-order valence-corrected chi connectivity index (χ0v) is 11.2. The molecule has 0 aromatic rings. The SMILES string of the molecule is CC1C(=O)CCN(CCC2=CCCCC2)C1C. The van der Waals surface area contributed by atoms with Crippen LogP contribution in [-0.4, -0.2) is 29.8 Å². The highest BCUT2D eigenvalue weighted by Crippen LogP contribution is 2.24. The average Bonchev–Trinajstić information content (AvgIpc) is 2.36. The molecule has 1 aliphatic heterocycles. The summed E-state index contributed by atoms with van der Waals surface area (Å²) in [6, 6.07) is 0.431. The molecule has 2 atom stereocenters. The van der Waals surface area contributed by atoms with E-state index in [0.29, 0.717) is 11.8 Å². The third-order valence-corrected chi connectivity index (χ3v) is 4.56. The first kappa shape index (κ1) is 12.8. The Labute approximate surface area is 105 Å². The van der Waals surface area contributed by atoms with Crippen molar-refractivity contribution in [3.8, 4) is 0 Å². The van der Waals surface area contributed by atoms with Crippen molar-refractivity contribution >= 4 is 5.78 Å². The van der Waals surface area contributed by atoms with Crippen molar-refractivity contribution in [3.63, 3.8) is 0 Å². The molecular formula is C15H25NO. The Morgan fingerprint density at radius 1 is 1.29 bits per heavy atom. The summed E-state index contributed by atoms with van der Waals surface area (Å²) in [4.78, 5) is 14.1. The molecule has 0 spiro atoms. The second-order valence-electron chi connectivity index (χ2n) is 5.64. The summed E-state index contributed by atoms with van der Waals surface area (Å²) in [5, 5.41) is 0. The molecule has 2 aliphatic rings. The van der Waals surface area contributed by atoms with E-state index in [0.717, 1.165) is 19.5 Å². The summed E-state index contributed by atoms with van der Waals surface area (Å²) < 4.78 is 0. The van der Waals surface area contributed by atoms with Crippen LogP contribution in [0.5, 0.6) is 0 Å². The molecule has 0 radical (unpaired) electrons. The highest BCUT2D eigenvalue weighted by atomic mass is 16.1. The predicted molar refractivity (Wildman–Crippen MR) is 71.0 cm³/mol. The van der Waals surface area contributed by atoms with E-state index in [9.17, 15) is 4.79 Å². The Hall–Kier alpha value is -0.630. The number of nitrogens with zero attached hydrogens (tertiary/aromatic N) is 1. The van der Waals surface area contributed by atoms with Gasteiger partial charge in [-0.3, -0.25) is 9.69 Å². The number of rotatable bonds is 3. The lowest BCUT2D eigenvalue weighted by atomic mass is 9.90. The van der Waals surface area contributed by atoms with E-state index < -0.39 is 0 Å². The summed E-state index contributed by atoms with van der Waals surface area (Å²) in [5.74, 6) is 0.676. The van der Waals surface area contributed by atoms with E-state index in [1.807, 2.05) is 0 Å². The first-order chi connectivity index (χ1) is 8.18. The molecule has 2 nitrogen and oxygen atoms in total. The topological polar surface area (TPSA) is 20.3 Å². The summed E-state index contributed by atoms with van der Waals surface area (Å²) in [6.07, 6.45) is 9.73. The fourth-order valence-corrected chi connectivity index (χ4v) is 3.00. The molecule has 2 rings (SSSR count). The molecule has 96 valence electrons. The maximum atomic E-state index is 11.6. The zero-order chi connectivity index (χ0) is 12.3. The van der Waals surface area contributed by atoms with Crippen molar-refractivity contribution in [2.75, 3.05) is 13.1 Å². The largest absolute Gasteiger partial charge is 0.299 e. The number of Topliss-reactive ketones (excluding diaryl/α,β-unsaturated/α-hetero) is 1. The Morgan fingerprint density at radius 2 is 2.12 bits per heavy atom. The molecule has 1 fully saturated rings. The number of ketones is 1. The minimum absolute atomic E-state index is 0.226. The monoisotopic (exact) mass is 235 g/mol. The molecule has 1 heterocycles. The molecule has 0 amide bonds. The molecular weight excluding hydrogens is 210 g/mol. The third kappa shape index (κ3) is 3.19. The van der Waals surface area contributed by atoms with Crippen LogP contribution in [0.3, 0.4) is 0 Å². The highest BCUT2D eigenvalue weighted by Gasteiger charge is 2.30. The van der Waals surface area contributed by atoms with Gasteiger partial charge in [0, 0.05) is 31.5 Å². The summed E-state index contributed by atoms with van der Waals surface area (Å²) in [7, 11) is 0. The van der Waals surface area contributed by atoms with Gasteiger partial charge in [-0.1, -0.05) is 18.6 Å². The van der Waals surface area contributed by atoms with E-state index in [4.69, 9.17) is 0 Å². The maximum absolute atomic E-state index is 11.6. The van der Waals surface area contributed by atoms with Crippen LogP contribution in [0.4, 0.5) is 0 Å². The lowest BCUT2D eigenvalue weighted by molar-refractivity contribution is -0.127. The van der Waals surface area contributed by atoms with E-state index in [2.05, 4.69) is 24.8 Å². The van der Waals surface area contributed by atoms with Crippen LogP contribution in [0.25, 0.3) is 0 Å². The van der Waals surface area contributed by atoms with Gasteiger partial charge < -0.3 is 0 Å². The van der Waals surface area contributed by atoms with Crippen LogP contribution in [-0.2, 0) is 4.79 Å². The van der Waals surface area contributed by atoms with Crippen LogP contribution >= 0.6 is 0 Å². The molecule has 1 saturated heterocycles. The van der Waals surface area contributed by atoms with E-state index >= 15 is 0 Å². The van der Waals surface area contributed by atoms with Crippen LogP contribution in [0.1, 0.15) is 52.4 Å². The fraction of sp³-hybridized carbons (Fsp3) is 0.800. The standard InChI is InChI=1S/C15H25NO/c1-12-13(2)16(11-9-15(12)17)10-8-14-6-4-3-5-7-14/h6,12-13H,3-5,7-11H2,1-2H3. The first-order valence-corrected chi connectivity index (χ1v) is 7.13. The highest BCUT2D eigenvalue weighted by molar-refractivity contribution is 5.82. The van der Waals surface area contributed by atoms with Crippen molar-refractivity contribution in [3.05, 3.63) is 11.6 Å². The van der Waals surface area contributed by atoms with Crippen LogP contribution in [0, 0.1) is 5.92 Å². The Morgan fingerprint density at radius 3 is 2.82 bits per heavy atom. The lowest BCUT2D eigenvalue weighted by Gasteiger charge is -2.37. The van der Waals surface area contributed by atoms with Crippen molar-refractivity contribution in [2.45, 2.75) is 58.4 Å². The number of carbonyl (C=O) groups is 1. The normalized spacial score (nSPS) is 31.4. The fourth-order valence-electron chi connectivity index (χ4n) is 3.00. The molecule has 0 N–H and O–H groups in total. The van der Waals surface area contributed by atoms with Gasteiger partial charge in [0.05, 0.1) is 0 Å². The third-order valence-electron chi connectivity index (χ3n) is 4.56. The van der Waals surface area contributed by atoms with Gasteiger partial charge in [-0.05, 0) is 39.0 Å². The van der Waals surface area contributed by atoms with Gasteiger partial charge in [-0.2, -0.15) is 0 Å². The smallest absolute Gasteiger partial charge is 0.138 e. The summed E-state index contributed by atoms with van der Waals surface area (Å²) in [5.41, 5.74) is 1.65. The number of carbonyl (C=O) groups excluding carboxylic acids is 1. The molecule has 1 aliphatic carbocycles. The molecule has 2 heteroatoms. The number of piperidine rings is 1. The minimum Gasteiger partial charge on any atom is -0.299 e. The van der Waals surface area contributed by atoms with Gasteiger partial charge in [0.15, 0.2) is 0 Å². The zero-order valence-electron chi connectivity index (χ0n) is 11.2.